The number of hydrogen-bond acceptors (Lipinski definition) is 9. The van der Waals surface area contributed by atoms with Crippen molar-refractivity contribution >= 4 is 38.9 Å². The minimum absolute atomic E-state index is 0.300. The first-order valence-electron chi connectivity index (χ1n) is 10.8. The highest BCUT2D eigenvalue weighted by Crippen LogP contribution is 2.34. The van der Waals surface area contributed by atoms with Crippen LogP contribution in [-0.4, -0.2) is 97.2 Å². The molecule has 35 heavy (non-hydrogen) atoms. The monoisotopic (exact) mass is 510 g/mol. The highest BCUT2D eigenvalue weighted by atomic mass is 32.2. The average molecular weight is 511 g/mol. The Labute approximate surface area is 203 Å². The SMILES string of the molecule is COc1cc2ncnc(N3CCN(C(=O)CNS(=O)(=O)N(C(=O)O)C(C)(C)C)CC3)c2cc1OC. The van der Waals surface area contributed by atoms with E-state index in [1.54, 1.807) is 26.4 Å². The summed E-state index contributed by atoms with van der Waals surface area (Å²) in [6, 6.07) is 3.57. The second-order valence-corrected chi connectivity index (χ2v) is 10.4. The Kier molecular flexibility index (Phi) is 7.55. The molecule has 192 valence electrons. The smallest absolute Gasteiger partial charge is 0.422 e. The number of rotatable bonds is 7. The summed E-state index contributed by atoms with van der Waals surface area (Å²) in [7, 11) is -1.33. The Bertz CT molecular complexity index is 1210. The molecule has 2 heterocycles. The van der Waals surface area contributed by atoms with Crippen molar-refractivity contribution in [1.29, 1.82) is 0 Å². The summed E-state index contributed by atoms with van der Waals surface area (Å²) in [5.41, 5.74) is -0.526. The number of methoxy groups -OCH3 is 2. The van der Waals surface area contributed by atoms with Crippen LogP contribution in [0.4, 0.5) is 10.6 Å². The molecule has 0 unspecified atom stereocenters. The molecule has 1 aromatic carbocycles. The molecular weight excluding hydrogens is 480 g/mol. The van der Waals surface area contributed by atoms with Gasteiger partial charge in [0, 0.05) is 37.6 Å². The van der Waals surface area contributed by atoms with Crippen LogP contribution >= 0.6 is 0 Å². The minimum Gasteiger partial charge on any atom is -0.493 e. The first-order valence-corrected chi connectivity index (χ1v) is 12.3. The number of carbonyl (C=O) groups excluding carboxylic acids is 1. The number of benzene rings is 1. The Morgan fingerprint density at radius 2 is 1.69 bits per heavy atom. The van der Waals surface area contributed by atoms with Crippen LogP contribution in [0.1, 0.15) is 20.8 Å². The van der Waals surface area contributed by atoms with Gasteiger partial charge in [-0.15, -0.1) is 0 Å². The molecule has 0 spiro atoms. The van der Waals surface area contributed by atoms with E-state index in [4.69, 9.17) is 9.47 Å². The predicted molar refractivity (Wildman–Crippen MR) is 128 cm³/mol. The van der Waals surface area contributed by atoms with Gasteiger partial charge in [0.15, 0.2) is 11.5 Å². The van der Waals surface area contributed by atoms with Crippen molar-refractivity contribution in [3.05, 3.63) is 18.5 Å². The quantitative estimate of drug-likeness (QED) is 0.549. The molecule has 0 saturated carbocycles. The van der Waals surface area contributed by atoms with Crippen LogP contribution in [0.2, 0.25) is 0 Å². The van der Waals surface area contributed by atoms with Crippen molar-refractivity contribution in [3.63, 3.8) is 0 Å². The molecule has 0 radical (unpaired) electrons. The van der Waals surface area contributed by atoms with Crippen molar-refractivity contribution in [1.82, 2.24) is 23.9 Å². The zero-order valence-corrected chi connectivity index (χ0v) is 21.1. The van der Waals surface area contributed by atoms with E-state index in [0.717, 1.165) is 5.39 Å². The van der Waals surface area contributed by atoms with Crippen LogP contribution in [0.5, 0.6) is 11.5 Å². The number of nitrogens with zero attached hydrogens (tertiary/aromatic N) is 5. The number of amides is 2. The highest BCUT2D eigenvalue weighted by Gasteiger charge is 2.37. The normalized spacial score (nSPS) is 14.7. The zero-order valence-electron chi connectivity index (χ0n) is 20.3. The summed E-state index contributed by atoms with van der Waals surface area (Å²) in [4.78, 5) is 36.4. The molecule has 0 atom stereocenters. The molecule has 0 aliphatic carbocycles. The summed E-state index contributed by atoms with van der Waals surface area (Å²) in [6.45, 7) is 5.39. The van der Waals surface area contributed by atoms with Gasteiger partial charge in [-0.2, -0.15) is 17.4 Å². The number of piperazine rings is 1. The number of ether oxygens (including phenoxy) is 2. The number of carboxylic acid groups (broad SMARTS) is 1. The molecule has 1 aliphatic heterocycles. The van der Waals surface area contributed by atoms with Crippen LogP contribution in [0.3, 0.4) is 0 Å². The molecule has 1 aliphatic rings. The van der Waals surface area contributed by atoms with Crippen LogP contribution in [-0.2, 0) is 15.0 Å². The van der Waals surface area contributed by atoms with Gasteiger partial charge in [-0.1, -0.05) is 0 Å². The molecule has 1 saturated heterocycles. The fourth-order valence-corrected chi connectivity index (χ4v) is 5.23. The second-order valence-electron chi connectivity index (χ2n) is 8.83. The number of carbonyl (C=O) groups is 2. The molecule has 1 aromatic heterocycles. The third-order valence-electron chi connectivity index (χ3n) is 5.48. The van der Waals surface area contributed by atoms with Crippen molar-refractivity contribution < 1.29 is 32.6 Å². The van der Waals surface area contributed by atoms with Crippen LogP contribution in [0, 0.1) is 0 Å². The molecule has 2 N–H and O–H groups in total. The lowest BCUT2D eigenvalue weighted by Crippen LogP contribution is -2.56. The van der Waals surface area contributed by atoms with E-state index in [1.807, 2.05) is 4.90 Å². The van der Waals surface area contributed by atoms with E-state index in [0.29, 0.717) is 53.3 Å². The summed E-state index contributed by atoms with van der Waals surface area (Å²) in [5.74, 6) is 1.33. The Morgan fingerprint density at radius 3 is 2.23 bits per heavy atom. The molecule has 2 aromatic rings. The number of nitrogens with one attached hydrogen (secondary N) is 1. The Balaban J connectivity index is 1.68. The van der Waals surface area contributed by atoms with E-state index in [1.165, 1.54) is 32.0 Å². The third-order valence-corrected chi connectivity index (χ3v) is 7.17. The standard InChI is InChI=1S/C21H30N6O7S/c1-21(2,3)27(20(29)30)35(31,32)24-12-18(28)25-6-8-26(9-7-25)19-14-10-16(33-4)17(34-5)11-15(14)22-13-23-19/h10-11,13,24H,6-9,12H2,1-5H3,(H,29,30). The lowest BCUT2D eigenvalue weighted by molar-refractivity contribution is -0.130. The topological polar surface area (TPSA) is 154 Å². The second kappa shape index (κ2) is 10.1. The molecular formula is C21H30N6O7S. The van der Waals surface area contributed by atoms with Gasteiger partial charge in [0.1, 0.15) is 12.1 Å². The van der Waals surface area contributed by atoms with Gasteiger partial charge in [0.05, 0.1) is 31.8 Å². The number of anilines is 1. The minimum atomic E-state index is -4.42. The van der Waals surface area contributed by atoms with Gasteiger partial charge in [0.2, 0.25) is 5.91 Å². The van der Waals surface area contributed by atoms with Crippen LogP contribution < -0.4 is 19.1 Å². The third kappa shape index (κ3) is 5.65. The fourth-order valence-electron chi connectivity index (χ4n) is 3.87. The lowest BCUT2D eigenvalue weighted by Gasteiger charge is -2.36. The zero-order chi connectivity index (χ0) is 26.0. The first-order chi connectivity index (χ1) is 16.4. The first kappa shape index (κ1) is 26.2. The molecule has 3 rings (SSSR count). The molecule has 1 fully saturated rings. The highest BCUT2D eigenvalue weighted by molar-refractivity contribution is 7.87. The van der Waals surface area contributed by atoms with Crippen molar-refractivity contribution in [2.45, 2.75) is 26.3 Å². The summed E-state index contributed by atoms with van der Waals surface area (Å²) in [6.07, 6.45) is -0.170. The van der Waals surface area contributed by atoms with E-state index < -0.39 is 34.3 Å². The van der Waals surface area contributed by atoms with Gasteiger partial charge in [-0.05, 0) is 26.8 Å². The van der Waals surface area contributed by atoms with Gasteiger partial charge >= 0.3 is 16.3 Å². The van der Waals surface area contributed by atoms with Crippen LogP contribution in [0.15, 0.2) is 18.5 Å². The number of fused-ring (bicyclic) bond motifs is 1. The average Bonchev–Trinajstić information content (AvgIpc) is 2.79. The predicted octanol–water partition coefficient (Wildman–Crippen LogP) is 0.909. The molecule has 2 amide bonds. The fraction of sp³-hybridized carbons (Fsp3) is 0.524. The molecule has 14 heteroatoms. The maximum Gasteiger partial charge on any atom is 0.422 e. The molecule has 13 nitrogen and oxygen atoms in total. The summed E-state index contributed by atoms with van der Waals surface area (Å²) >= 11 is 0. The largest absolute Gasteiger partial charge is 0.493 e. The Hall–Kier alpha value is -3.39. The van der Waals surface area contributed by atoms with Crippen molar-refractivity contribution in [2.24, 2.45) is 0 Å². The maximum absolute atomic E-state index is 12.7. The van der Waals surface area contributed by atoms with Crippen LogP contribution in [0.25, 0.3) is 10.9 Å². The molecule has 0 bridgehead atoms. The van der Waals surface area contributed by atoms with E-state index >= 15 is 0 Å². The Morgan fingerprint density at radius 1 is 1.09 bits per heavy atom. The number of aromatic nitrogens is 2. The van der Waals surface area contributed by atoms with Gasteiger partial charge in [-0.25, -0.2) is 14.8 Å². The van der Waals surface area contributed by atoms with E-state index in [2.05, 4.69) is 14.7 Å². The lowest BCUT2D eigenvalue weighted by atomic mass is 10.1. The maximum atomic E-state index is 12.7. The summed E-state index contributed by atoms with van der Waals surface area (Å²) < 4.78 is 38.1. The van der Waals surface area contributed by atoms with Gasteiger partial charge < -0.3 is 24.4 Å². The van der Waals surface area contributed by atoms with Gasteiger partial charge in [-0.3, -0.25) is 4.79 Å². The van der Waals surface area contributed by atoms with Crippen molar-refractivity contribution in [2.75, 3.05) is 51.8 Å². The van der Waals surface area contributed by atoms with Crippen molar-refractivity contribution in [3.8, 4) is 11.5 Å². The summed E-state index contributed by atoms with van der Waals surface area (Å²) in [5, 5.41) is 10.1. The van der Waals surface area contributed by atoms with E-state index in [-0.39, 0.29) is 0 Å². The number of hydrogen-bond donors (Lipinski definition) is 2. The van der Waals surface area contributed by atoms with E-state index in [9.17, 15) is 23.1 Å². The van der Waals surface area contributed by atoms with Gasteiger partial charge in [0.25, 0.3) is 0 Å².